The van der Waals surface area contributed by atoms with Gasteiger partial charge in [0, 0.05) is 11.4 Å². The van der Waals surface area contributed by atoms with Crippen LogP contribution < -0.4 is 87.8 Å². The van der Waals surface area contributed by atoms with Gasteiger partial charge in [0.25, 0.3) is 20.2 Å². The maximum absolute atomic E-state index is 12.3. The number of nitrogens with zero attached hydrogens (tertiary/aromatic N) is 8. The van der Waals surface area contributed by atoms with Crippen molar-refractivity contribution in [3.8, 4) is 5.75 Å². The van der Waals surface area contributed by atoms with Crippen molar-refractivity contribution < 1.29 is 116 Å². The summed E-state index contributed by atoms with van der Waals surface area (Å²) in [7, 11) is -19.4. The van der Waals surface area contributed by atoms with Gasteiger partial charge in [-0.3, -0.25) is 9.11 Å². The normalized spacial score (nSPS) is 12.3. The number of anilines is 5. The van der Waals surface area contributed by atoms with Crippen molar-refractivity contribution in [1.82, 2.24) is 0 Å². The van der Waals surface area contributed by atoms with Gasteiger partial charge in [-0.05, 0) is 137 Å². The molecular formula is C44H35N13Na2O13S4. The number of hydrogen-bond donors (Lipinski definition) is 8. The number of rotatable bonds is 12. The number of azo groups is 4. The van der Waals surface area contributed by atoms with E-state index in [-0.39, 0.29) is 85.7 Å². The van der Waals surface area contributed by atoms with Crippen LogP contribution in [0.2, 0.25) is 0 Å². The molecule has 0 saturated heterocycles. The minimum atomic E-state index is -5.39. The third-order valence-electron chi connectivity index (χ3n) is 10.1. The third kappa shape index (κ3) is 14.7. The zero-order chi connectivity index (χ0) is 53.9. The van der Waals surface area contributed by atoms with Crippen molar-refractivity contribution in [3.05, 3.63) is 133 Å². The number of nitrogen functional groups attached to an aromatic ring is 5. The number of phenols is 1. The van der Waals surface area contributed by atoms with Crippen LogP contribution in [-0.2, 0) is 40.5 Å². The largest absolute Gasteiger partial charge is 1.00 e. The second-order valence-corrected chi connectivity index (χ2v) is 20.8. The number of phenolic OH excluding ortho intramolecular Hbond substituents is 1. The number of benzene rings is 8. The molecule has 0 aliphatic heterocycles. The molecule has 380 valence electrons. The maximum Gasteiger partial charge on any atom is 1.00 e. The van der Waals surface area contributed by atoms with Crippen LogP contribution in [0, 0.1) is 0 Å². The molecule has 8 aromatic rings. The van der Waals surface area contributed by atoms with Crippen LogP contribution in [0.3, 0.4) is 0 Å². The standard InChI is InChI=1S/C34H29N13O7S2.C10H8O6S2.2Na/c35-18-1-11-26(24(37)15-18)44-40-20-3-7-22(8-4-20)42-46-32-28(55(49,50)51)13-17-14-29(56(52,53)54)33(34(48)30(17)31(32)39)47-43-23-9-5-21(6-10-23)41-45-27-12-2-19(36)16-25(27)38;11-17(12,13)9-3-1-7-2-4-10(18(14,15)16)6-8(7)5-9;;/h1-16,48H,35-39H2,(H,49,50,51)(H,52,53,54);1-6H,(H,11,12,13)(H,14,15,16);;/q;;2*+1/p-2. The minimum absolute atomic E-state index is 0. The monoisotopic (exact) mass is 1130 g/mol. The summed E-state index contributed by atoms with van der Waals surface area (Å²) in [5.41, 5.74) is 30.7. The molecule has 0 unspecified atom stereocenters. The summed E-state index contributed by atoms with van der Waals surface area (Å²) in [6.45, 7) is 0. The van der Waals surface area contributed by atoms with E-state index in [1.165, 1.54) is 84.9 Å². The van der Waals surface area contributed by atoms with Gasteiger partial charge in [-0.15, -0.1) is 20.5 Å². The number of nitrogens with two attached hydrogens (primary N) is 5. The molecule has 0 atom stereocenters. The van der Waals surface area contributed by atoms with Gasteiger partial charge in [-0.1, -0.05) is 12.1 Å². The molecule has 26 nitrogen and oxygen atoms in total. The van der Waals surface area contributed by atoms with Gasteiger partial charge in [-0.2, -0.15) is 37.3 Å². The van der Waals surface area contributed by atoms with Crippen LogP contribution in [0.15, 0.2) is 194 Å². The molecule has 0 bridgehead atoms. The minimum Gasteiger partial charge on any atom is -0.744 e. The molecule has 0 aliphatic rings. The van der Waals surface area contributed by atoms with E-state index < -0.39 is 83.8 Å². The van der Waals surface area contributed by atoms with Crippen molar-refractivity contribution in [2.75, 3.05) is 28.7 Å². The predicted octanol–water partition coefficient (Wildman–Crippen LogP) is 3.27. The molecule has 76 heavy (non-hydrogen) atoms. The fraction of sp³-hybridized carbons (Fsp3) is 0. The SMILES string of the molecule is Nc1ccc(N=Nc2ccc(N=Nc3c(S(=O)(=O)[O-])cc4cc(S(=O)(=O)[O-])c(N=Nc5ccc(N=Nc6ccc(N)cc6N)cc5)c(O)c4c3N)cc2)c(N)c1.O=S(=O)(O)c1ccc2ccc(S(=O)(=O)O)cc2c1.[Na+].[Na+]. The summed E-state index contributed by atoms with van der Waals surface area (Å²) in [6.07, 6.45) is 0. The first-order chi connectivity index (χ1) is 34.6. The molecule has 0 saturated carbocycles. The summed E-state index contributed by atoms with van der Waals surface area (Å²) < 4.78 is 136. The predicted molar refractivity (Wildman–Crippen MR) is 270 cm³/mol. The molecule has 8 aromatic carbocycles. The van der Waals surface area contributed by atoms with E-state index in [1.807, 2.05) is 0 Å². The smallest absolute Gasteiger partial charge is 0.744 e. The van der Waals surface area contributed by atoms with Gasteiger partial charge in [0.05, 0.1) is 64.8 Å². The van der Waals surface area contributed by atoms with Crippen molar-refractivity contribution in [2.45, 2.75) is 19.6 Å². The van der Waals surface area contributed by atoms with E-state index in [4.69, 9.17) is 37.8 Å². The van der Waals surface area contributed by atoms with Crippen LogP contribution in [0.4, 0.5) is 73.9 Å². The molecule has 0 aromatic heterocycles. The molecule has 13 N–H and O–H groups in total. The van der Waals surface area contributed by atoms with Crippen LogP contribution >= 0.6 is 0 Å². The molecule has 0 radical (unpaired) electrons. The molecule has 0 spiro atoms. The van der Waals surface area contributed by atoms with Crippen molar-refractivity contribution >= 4 is 136 Å². The van der Waals surface area contributed by atoms with E-state index in [9.17, 15) is 47.9 Å². The number of hydrogen-bond acceptors (Lipinski definition) is 24. The molecule has 0 fully saturated rings. The van der Waals surface area contributed by atoms with Gasteiger partial charge in [0.2, 0.25) is 0 Å². The van der Waals surface area contributed by atoms with Crippen molar-refractivity contribution in [2.24, 2.45) is 40.9 Å². The molecule has 0 amide bonds. The van der Waals surface area contributed by atoms with Crippen LogP contribution in [0.5, 0.6) is 5.75 Å². The Kier molecular flexibility index (Phi) is 18.9. The van der Waals surface area contributed by atoms with E-state index >= 15 is 0 Å². The van der Waals surface area contributed by atoms with E-state index in [0.717, 1.165) is 12.1 Å². The van der Waals surface area contributed by atoms with E-state index in [2.05, 4.69) is 40.9 Å². The average molecular weight is 1130 g/mol. The molecule has 32 heteroatoms. The fourth-order valence-corrected chi connectivity index (χ4v) is 8.89. The maximum atomic E-state index is 12.3. The molecule has 0 aliphatic carbocycles. The summed E-state index contributed by atoms with van der Waals surface area (Å²) in [6, 6.07) is 30.1. The Morgan fingerprint density at radius 1 is 0.395 bits per heavy atom. The second kappa shape index (κ2) is 24.0. The number of fused-ring (bicyclic) bond motifs is 2. The summed E-state index contributed by atoms with van der Waals surface area (Å²) in [4.78, 5) is -2.79. The van der Waals surface area contributed by atoms with E-state index in [0.29, 0.717) is 63.0 Å². The first kappa shape index (κ1) is 60.0. The second-order valence-electron chi connectivity index (χ2n) is 15.3. The fourth-order valence-electron chi connectivity index (χ4n) is 6.55. The third-order valence-corrected chi connectivity index (χ3v) is 13.5. The molecule has 8 rings (SSSR count). The van der Waals surface area contributed by atoms with Crippen molar-refractivity contribution in [1.29, 1.82) is 0 Å². The topological polar surface area (TPSA) is 472 Å². The summed E-state index contributed by atoms with van der Waals surface area (Å²) in [5, 5.41) is 43.3. The van der Waals surface area contributed by atoms with Crippen LogP contribution in [-0.4, -0.2) is 57.0 Å². The Hall–Kier alpha value is -6.88. The first-order valence-electron chi connectivity index (χ1n) is 20.4. The summed E-state index contributed by atoms with van der Waals surface area (Å²) >= 11 is 0. The average Bonchev–Trinajstić information content (AvgIpc) is 3.32. The Bertz CT molecular complexity index is 3900. The zero-order valence-corrected chi connectivity index (χ0v) is 46.5. The van der Waals surface area contributed by atoms with Crippen LogP contribution in [0.1, 0.15) is 0 Å². The molecule has 0 heterocycles. The van der Waals surface area contributed by atoms with Gasteiger partial charge < -0.3 is 42.9 Å². The first-order valence-corrected chi connectivity index (χ1v) is 26.1. The quantitative estimate of drug-likeness (QED) is 0.0376. The Morgan fingerprint density at radius 3 is 1.11 bits per heavy atom. The number of aromatic hydroxyl groups is 1. The van der Waals surface area contributed by atoms with Gasteiger partial charge >= 0.3 is 59.1 Å². The summed E-state index contributed by atoms with van der Waals surface area (Å²) in [5.74, 6) is -0.979. The van der Waals surface area contributed by atoms with Gasteiger partial charge in [-0.25, -0.2) is 16.8 Å². The zero-order valence-electron chi connectivity index (χ0n) is 39.2. The van der Waals surface area contributed by atoms with Crippen LogP contribution in [0.25, 0.3) is 21.5 Å². The van der Waals surface area contributed by atoms with Gasteiger partial charge in [0.15, 0.2) is 5.75 Å². The van der Waals surface area contributed by atoms with Gasteiger partial charge in [0.1, 0.15) is 43.0 Å². The Labute approximate surface area is 476 Å². The Morgan fingerprint density at radius 2 is 0.750 bits per heavy atom. The van der Waals surface area contributed by atoms with E-state index in [1.54, 1.807) is 24.3 Å². The molecular weight excluding hydrogens is 1090 g/mol. The Balaban J connectivity index is 0.000000450. The van der Waals surface area contributed by atoms with Crippen molar-refractivity contribution in [3.63, 3.8) is 0 Å².